The average Bonchev–Trinajstić information content (AvgIpc) is 3.27. The zero-order valence-corrected chi connectivity index (χ0v) is 21.1. The van der Waals surface area contributed by atoms with E-state index in [2.05, 4.69) is 49.4 Å². The number of para-hydroxylation sites is 1. The van der Waals surface area contributed by atoms with Gasteiger partial charge in [0.2, 0.25) is 5.91 Å². The first-order valence-electron chi connectivity index (χ1n) is 10.8. The molecule has 3 N–H and O–H groups in total. The van der Waals surface area contributed by atoms with E-state index in [0.29, 0.717) is 18.9 Å². The molecule has 0 radical (unpaired) electrons. The Kier molecular flexibility index (Phi) is 9.15. The van der Waals surface area contributed by atoms with Crippen LogP contribution in [0, 0.1) is 5.92 Å². The number of rotatable bonds is 6. The third-order valence-electron chi connectivity index (χ3n) is 5.97. The summed E-state index contributed by atoms with van der Waals surface area (Å²) < 4.78 is 0. The summed E-state index contributed by atoms with van der Waals surface area (Å²) in [6.07, 6.45) is 3.00. The van der Waals surface area contributed by atoms with Crippen molar-refractivity contribution in [3.05, 3.63) is 52.2 Å². The number of halogens is 1. The summed E-state index contributed by atoms with van der Waals surface area (Å²) in [6.45, 7) is 4.98. The maximum Gasteiger partial charge on any atom is 0.225 e. The Morgan fingerprint density at radius 1 is 1.23 bits per heavy atom. The molecule has 2 aromatic rings. The Morgan fingerprint density at radius 3 is 2.87 bits per heavy atom. The zero-order chi connectivity index (χ0) is 20.8. The maximum atomic E-state index is 12.0. The van der Waals surface area contributed by atoms with E-state index in [0.717, 1.165) is 31.3 Å². The van der Waals surface area contributed by atoms with E-state index in [1.165, 1.54) is 29.8 Å². The van der Waals surface area contributed by atoms with Gasteiger partial charge < -0.3 is 16.0 Å². The van der Waals surface area contributed by atoms with Crippen LogP contribution in [0.15, 0.2) is 46.8 Å². The highest BCUT2D eigenvalue weighted by atomic mass is 127. The van der Waals surface area contributed by atoms with Crippen molar-refractivity contribution < 1.29 is 4.79 Å². The van der Waals surface area contributed by atoms with Crippen LogP contribution in [-0.4, -0.2) is 50.0 Å². The minimum absolute atomic E-state index is 0. The number of hydrogen-bond donors (Lipinski definition) is 3. The molecule has 2 unspecified atom stereocenters. The van der Waals surface area contributed by atoms with Crippen molar-refractivity contribution in [3.63, 3.8) is 0 Å². The Morgan fingerprint density at radius 2 is 2.06 bits per heavy atom. The predicted molar refractivity (Wildman–Crippen MR) is 140 cm³/mol. The second kappa shape index (κ2) is 11.8. The van der Waals surface area contributed by atoms with Gasteiger partial charge in [-0.15, -0.1) is 35.3 Å². The topological polar surface area (TPSA) is 68.8 Å². The van der Waals surface area contributed by atoms with Crippen molar-refractivity contribution in [1.82, 2.24) is 15.5 Å². The molecule has 2 aliphatic rings. The lowest BCUT2D eigenvalue weighted by Crippen LogP contribution is -2.45. The van der Waals surface area contributed by atoms with Gasteiger partial charge in [0.05, 0.1) is 0 Å². The molecule has 1 saturated heterocycles. The van der Waals surface area contributed by atoms with Crippen molar-refractivity contribution in [2.24, 2.45) is 10.9 Å². The van der Waals surface area contributed by atoms with Crippen LogP contribution in [0.4, 0.5) is 5.69 Å². The summed E-state index contributed by atoms with van der Waals surface area (Å²) in [5, 5.41) is 12.1. The molecule has 31 heavy (non-hydrogen) atoms. The molecule has 0 aliphatic carbocycles. The molecule has 4 rings (SSSR count). The summed E-state index contributed by atoms with van der Waals surface area (Å²) in [4.78, 5) is 20.4. The van der Waals surface area contributed by atoms with Gasteiger partial charge in [-0.3, -0.25) is 14.7 Å². The minimum atomic E-state index is 0. The lowest BCUT2D eigenvalue weighted by atomic mass is 9.90. The molecule has 2 aliphatic heterocycles. The zero-order valence-electron chi connectivity index (χ0n) is 18.0. The number of piperidine rings is 1. The predicted octanol–water partition coefficient (Wildman–Crippen LogP) is 3.87. The molecule has 2 atom stereocenters. The van der Waals surface area contributed by atoms with Crippen molar-refractivity contribution in [1.29, 1.82) is 0 Å². The average molecular weight is 554 g/mol. The van der Waals surface area contributed by atoms with E-state index in [1.807, 2.05) is 29.5 Å². The van der Waals surface area contributed by atoms with Gasteiger partial charge in [0.1, 0.15) is 0 Å². The number of thiophene rings is 1. The van der Waals surface area contributed by atoms with Crippen LogP contribution in [0.2, 0.25) is 0 Å². The van der Waals surface area contributed by atoms with Gasteiger partial charge >= 0.3 is 0 Å². The number of carbonyl (C=O) groups excluding carboxylic acids is 1. The molecule has 1 amide bonds. The number of benzene rings is 1. The molecule has 8 heteroatoms. The van der Waals surface area contributed by atoms with Gasteiger partial charge in [0.25, 0.3) is 0 Å². The number of anilines is 1. The maximum absolute atomic E-state index is 12.0. The van der Waals surface area contributed by atoms with E-state index in [9.17, 15) is 4.79 Å². The number of guanidine groups is 1. The number of hydrogen-bond acceptors (Lipinski definition) is 4. The first kappa shape index (κ1) is 24.0. The number of nitrogens with one attached hydrogen (secondary N) is 3. The van der Waals surface area contributed by atoms with Gasteiger partial charge in [-0.2, -0.15) is 0 Å². The lowest BCUT2D eigenvalue weighted by molar-refractivity contribution is -0.116. The molecule has 168 valence electrons. The summed E-state index contributed by atoms with van der Waals surface area (Å²) >= 11 is 1.84. The van der Waals surface area contributed by atoms with Gasteiger partial charge in [-0.25, -0.2) is 0 Å². The number of nitrogens with zero attached hydrogens (tertiary/aromatic N) is 2. The second-order valence-electron chi connectivity index (χ2n) is 8.19. The molecule has 1 aromatic carbocycles. The minimum Gasteiger partial charge on any atom is -0.356 e. The van der Waals surface area contributed by atoms with Crippen LogP contribution in [-0.2, 0) is 11.3 Å². The summed E-state index contributed by atoms with van der Waals surface area (Å²) in [5.74, 6) is 1.67. The van der Waals surface area contributed by atoms with Gasteiger partial charge in [-0.05, 0) is 48.4 Å². The van der Waals surface area contributed by atoms with E-state index in [-0.39, 0.29) is 35.8 Å². The molecule has 0 bridgehead atoms. The third-order valence-corrected chi connectivity index (χ3v) is 6.83. The van der Waals surface area contributed by atoms with Crippen molar-refractivity contribution in [2.75, 3.05) is 38.5 Å². The smallest absolute Gasteiger partial charge is 0.225 e. The van der Waals surface area contributed by atoms with E-state index >= 15 is 0 Å². The summed E-state index contributed by atoms with van der Waals surface area (Å²) in [6, 6.07) is 12.4. The van der Waals surface area contributed by atoms with Crippen LogP contribution in [0.1, 0.15) is 35.6 Å². The van der Waals surface area contributed by atoms with Crippen molar-refractivity contribution >= 4 is 52.9 Å². The van der Waals surface area contributed by atoms with Crippen molar-refractivity contribution in [3.8, 4) is 0 Å². The Balaban J connectivity index is 0.00000272. The second-order valence-corrected chi connectivity index (χ2v) is 9.23. The fourth-order valence-electron chi connectivity index (χ4n) is 4.45. The number of carbonyl (C=O) groups is 1. The fourth-order valence-corrected chi connectivity index (χ4v) is 5.20. The Hall–Kier alpha value is -1.65. The van der Waals surface area contributed by atoms with Gasteiger partial charge in [0.15, 0.2) is 5.96 Å². The fraction of sp³-hybridized carbons (Fsp3) is 0.478. The first-order valence-corrected chi connectivity index (χ1v) is 11.7. The number of likely N-dealkylation sites (tertiary alicyclic amines) is 1. The molecule has 3 heterocycles. The molecule has 6 nitrogen and oxygen atoms in total. The standard InChI is InChI=1S/C23H31N5OS.HI/c1-24-23(26-14-18-12-22(29)27-21-9-3-2-8-20(18)21)25-13-17-6-4-10-28(15-17)16-19-7-5-11-30-19;/h2-3,5,7-9,11,17-18H,4,6,10,12-16H2,1H3,(H,27,29)(H2,24,25,26);1H. The quantitative estimate of drug-likeness (QED) is 0.289. The molecule has 1 fully saturated rings. The SMILES string of the molecule is CN=C(NCC1CCCN(Cc2cccs2)C1)NCC1CC(=O)Nc2ccccc21.I. The number of aliphatic imine (C=N–C) groups is 1. The van der Waals surface area contributed by atoms with Gasteiger partial charge in [-0.1, -0.05) is 24.3 Å². The lowest BCUT2D eigenvalue weighted by Gasteiger charge is -2.33. The summed E-state index contributed by atoms with van der Waals surface area (Å²) in [5.41, 5.74) is 2.12. The Labute approximate surface area is 205 Å². The molecular formula is C23H32IN5OS. The van der Waals surface area contributed by atoms with Crippen LogP contribution < -0.4 is 16.0 Å². The number of amides is 1. The van der Waals surface area contributed by atoms with E-state index in [1.54, 1.807) is 7.05 Å². The highest BCUT2D eigenvalue weighted by molar-refractivity contribution is 14.0. The molecular weight excluding hydrogens is 521 g/mol. The third kappa shape index (κ3) is 6.66. The van der Waals surface area contributed by atoms with E-state index in [4.69, 9.17) is 0 Å². The normalized spacial score (nSPS) is 21.6. The van der Waals surface area contributed by atoms with Crippen LogP contribution >= 0.6 is 35.3 Å². The molecule has 1 aromatic heterocycles. The highest BCUT2D eigenvalue weighted by Crippen LogP contribution is 2.31. The molecule has 0 spiro atoms. The van der Waals surface area contributed by atoms with E-state index < -0.39 is 0 Å². The van der Waals surface area contributed by atoms with Crippen LogP contribution in [0.3, 0.4) is 0 Å². The first-order chi connectivity index (χ1) is 14.7. The summed E-state index contributed by atoms with van der Waals surface area (Å²) in [7, 11) is 1.81. The van der Waals surface area contributed by atoms with Crippen LogP contribution in [0.25, 0.3) is 0 Å². The number of fused-ring (bicyclic) bond motifs is 1. The van der Waals surface area contributed by atoms with Crippen molar-refractivity contribution in [2.45, 2.75) is 31.7 Å². The van der Waals surface area contributed by atoms with Crippen LogP contribution in [0.5, 0.6) is 0 Å². The van der Waals surface area contributed by atoms with Gasteiger partial charge in [0, 0.05) is 56.1 Å². The Bertz CT molecular complexity index is 873. The monoisotopic (exact) mass is 553 g/mol. The molecule has 0 saturated carbocycles. The largest absolute Gasteiger partial charge is 0.356 e. The highest BCUT2D eigenvalue weighted by Gasteiger charge is 2.25.